The number of carbonyl (C=O) groups excluding carboxylic acids is 3. The van der Waals surface area contributed by atoms with Crippen molar-refractivity contribution in [3.8, 4) is 0 Å². The normalized spacial score (nSPS) is 14.3. The van der Waals surface area contributed by atoms with Crippen LogP contribution in [0.2, 0.25) is 0 Å². The third kappa shape index (κ3) is 6.45. The Hall–Kier alpha value is -3.93. The summed E-state index contributed by atoms with van der Waals surface area (Å²) in [4.78, 5) is 40.7. The summed E-state index contributed by atoms with van der Waals surface area (Å²) in [5.41, 5.74) is 3.79. The number of ketones is 1. The van der Waals surface area contributed by atoms with Crippen LogP contribution >= 0.6 is 0 Å². The summed E-state index contributed by atoms with van der Waals surface area (Å²) in [6.07, 6.45) is 7.83. The molecule has 192 valence electrons. The van der Waals surface area contributed by atoms with Crippen molar-refractivity contribution in [2.24, 2.45) is 5.92 Å². The van der Waals surface area contributed by atoms with Crippen LogP contribution in [-0.2, 0) is 11.3 Å². The van der Waals surface area contributed by atoms with Crippen molar-refractivity contribution < 1.29 is 14.4 Å². The fraction of sp³-hybridized carbons (Fsp3) is 0.323. The van der Waals surface area contributed by atoms with Crippen LogP contribution in [-0.4, -0.2) is 46.2 Å². The number of nitrogens with one attached hydrogen (secondary N) is 1. The van der Waals surface area contributed by atoms with Crippen LogP contribution in [0.3, 0.4) is 0 Å². The minimum Gasteiger partial charge on any atom is -0.341 e. The predicted molar refractivity (Wildman–Crippen MR) is 146 cm³/mol. The van der Waals surface area contributed by atoms with E-state index < -0.39 is 6.04 Å². The van der Waals surface area contributed by atoms with Crippen LogP contribution in [0.4, 0.5) is 0 Å². The summed E-state index contributed by atoms with van der Waals surface area (Å²) >= 11 is 0. The van der Waals surface area contributed by atoms with Crippen LogP contribution in [0, 0.1) is 12.8 Å². The molecule has 6 nitrogen and oxygen atoms in total. The molecule has 2 heterocycles. The number of carbonyl (C=O) groups is 3. The molecular formula is C31H35N3O3. The van der Waals surface area contributed by atoms with E-state index in [1.54, 1.807) is 6.07 Å². The lowest BCUT2D eigenvalue weighted by atomic mass is 10.0. The number of rotatable bonds is 9. The van der Waals surface area contributed by atoms with Gasteiger partial charge in [0.2, 0.25) is 11.7 Å². The second-order valence-corrected chi connectivity index (χ2v) is 10.00. The van der Waals surface area contributed by atoms with Gasteiger partial charge in [0, 0.05) is 37.0 Å². The minimum absolute atomic E-state index is 0.000360. The Labute approximate surface area is 219 Å². The van der Waals surface area contributed by atoms with E-state index in [0.717, 1.165) is 37.1 Å². The van der Waals surface area contributed by atoms with Gasteiger partial charge < -0.3 is 14.8 Å². The van der Waals surface area contributed by atoms with E-state index in [4.69, 9.17) is 0 Å². The Kier molecular flexibility index (Phi) is 8.39. The Morgan fingerprint density at radius 1 is 0.946 bits per heavy atom. The van der Waals surface area contributed by atoms with Gasteiger partial charge in [-0.1, -0.05) is 68.0 Å². The van der Waals surface area contributed by atoms with Crippen molar-refractivity contribution in [1.29, 1.82) is 0 Å². The lowest BCUT2D eigenvalue weighted by Gasteiger charge is -2.26. The summed E-state index contributed by atoms with van der Waals surface area (Å²) < 4.78 is 1.91. The van der Waals surface area contributed by atoms with Gasteiger partial charge >= 0.3 is 0 Å². The van der Waals surface area contributed by atoms with E-state index in [1.165, 1.54) is 0 Å². The van der Waals surface area contributed by atoms with Gasteiger partial charge in [-0.3, -0.25) is 14.4 Å². The number of benzene rings is 2. The molecule has 1 atom stereocenters. The van der Waals surface area contributed by atoms with Crippen molar-refractivity contribution in [3.63, 3.8) is 0 Å². The maximum Gasteiger partial charge on any atom is 0.251 e. The fourth-order valence-corrected chi connectivity index (χ4v) is 4.59. The van der Waals surface area contributed by atoms with Gasteiger partial charge in [-0.25, -0.2) is 0 Å². The first-order valence-corrected chi connectivity index (χ1v) is 13.0. The number of likely N-dealkylation sites (tertiary alicyclic amines) is 1. The minimum atomic E-state index is -0.539. The molecule has 2 aromatic carbocycles. The van der Waals surface area contributed by atoms with Crippen molar-refractivity contribution in [3.05, 3.63) is 101 Å². The highest BCUT2D eigenvalue weighted by Gasteiger charge is 2.30. The standard InChI is InChI=1S/C31H35N3O3/c1-22(2)28(31(37)34-17-4-5-18-34)32-30(36)26-11-6-9-24(21-26)10-7-19-33-20-8-12-27(33)29(35)25-15-13-23(3)14-16-25/h6-16,20-22,28H,4-5,17-19H2,1-3H3,(H,32,36)/b10-7+/t28-/m0/s1. The zero-order chi connectivity index (χ0) is 26.4. The Balaban J connectivity index is 1.41. The molecule has 1 fully saturated rings. The van der Waals surface area contributed by atoms with Gasteiger partial charge in [0.1, 0.15) is 6.04 Å². The van der Waals surface area contributed by atoms with Gasteiger partial charge in [0.25, 0.3) is 5.91 Å². The first-order chi connectivity index (χ1) is 17.8. The molecule has 6 heteroatoms. The summed E-state index contributed by atoms with van der Waals surface area (Å²) in [5, 5.41) is 2.96. The van der Waals surface area contributed by atoms with Crippen molar-refractivity contribution >= 4 is 23.7 Å². The Morgan fingerprint density at radius 3 is 2.38 bits per heavy atom. The molecule has 1 N–H and O–H groups in total. The van der Waals surface area contributed by atoms with E-state index in [1.807, 2.05) is 103 Å². The third-order valence-electron chi connectivity index (χ3n) is 6.77. The third-order valence-corrected chi connectivity index (χ3v) is 6.77. The highest BCUT2D eigenvalue weighted by Crippen LogP contribution is 2.16. The van der Waals surface area contributed by atoms with Gasteiger partial charge in [-0.2, -0.15) is 0 Å². The monoisotopic (exact) mass is 497 g/mol. The smallest absolute Gasteiger partial charge is 0.251 e. The zero-order valence-corrected chi connectivity index (χ0v) is 21.8. The maximum absolute atomic E-state index is 13.0. The zero-order valence-electron chi connectivity index (χ0n) is 21.8. The summed E-state index contributed by atoms with van der Waals surface area (Å²) in [5.74, 6) is -0.267. The number of hydrogen-bond acceptors (Lipinski definition) is 3. The molecule has 0 spiro atoms. The molecule has 0 saturated carbocycles. The quantitative estimate of drug-likeness (QED) is 0.417. The molecule has 1 aliphatic rings. The second kappa shape index (κ2) is 11.9. The molecule has 0 unspecified atom stereocenters. The number of nitrogens with zero attached hydrogens (tertiary/aromatic N) is 2. The number of amides is 2. The molecule has 1 aromatic heterocycles. The van der Waals surface area contributed by atoms with E-state index >= 15 is 0 Å². The summed E-state index contributed by atoms with van der Waals surface area (Å²) in [7, 11) is 0. The molecule has 0 bridgehead atoms. The number of allylic oxidation sites excluding steroid dienone is 1. The van der Waals surface area contributed by atoms with Gasteiger partial charge in [0.05, 0.1) is 5.69 Å². The van der Waals surface area contributed by atoms with Crippen molar-refractivity contribution in [2.75, 3.05) is 13.1 Å². The molecule has 0 radical (unpaired) electrons. The summed E-state index contributed by atoms with van der Waals surface area (Å²) in [6.45, 7) is 7.96. The molecule has 37 heavy (non-hydrogen) atoms. The molecule has 4 rings (SSSR count). The first-order valence-electron chi connectivity index (χ1n) is 13.0. The largest absolute Gasteiger partial charge is 0.341 e. The Bertz CT molecular complexity index is 1280. The van der Waals surface area contributed by atoms with Crippen LogP contribution in [0.1, 0.15) is 64.2 Å². The maximum atomic E-state index is 13.0. The Morgan fingerprint density at radius 2 is 1.68 bits per heavy atom. The van der Waals surface area contributed by atoms with Crippen LogP contribution in [0.5, 0.6) is 0 Å². The SMILES string of the molecule is Cc1ccc(C(=O)c2cccn2C/C=C/c2cccc(C(=O)N[C@H](C(=O)N3CCCC3)C(C)C)c2)cc1. The van der Waals surface area contributed by atoms with Crippen LogP contribution in [0.15, 0.2) is 72.9 Å². The van der Waals surface area contributed by atoms with Crippen LogP contribution in [0.25, 0.3) is 6.08 Å². The average Bonchev–Trinajstić information content (AvgIpc) is 3.59. The highest BCUT2D eigenvalue weighted by atomic mass is 16.2. The molecule has 0 aliphatic carbocycles. The molecule has 2 amide bonds. The lowest BCUT2D eigenvalue weighted by molar-refractivity contribution is -0.133. The average molecular weight is 498 g/mol. The predicted octanol–water partition coefficient (Wildman–Crippen LogP) is 5.12. The van der Waals surface area contributed by atoms with Gasteiger partial charge in [-0.15, -0.1) is 0 Å². The molecule has 1 saturated heterocycles. The van der Waals surface area contributed by atoms with E-state index in [0.29, 0.717) is 23.4 Å². The molecule has 1 aliphatic heterocycles. The van der Waals surface area contributed by atoms with Crippen molar-refractivity contribution in [2.45, 2.75) is 46.2 Å². The van der Waals surface area contributed by atoms with Crippen molar-refractivity contribution in [1.82, 2.24) is 14.8 Å². The topological polar surface area (TPSA) is 71.4 Å². The highest BCUT2D eigenvalue weighted by molar-refractivity contribution is 6.08. The lowest BCUT2D eigenvalue weighted by Crippen LogP contribution is -2.50. The van der Waals surface area contributed by atoms with Gasteiger partial charge in [0.15, 0.2) is 0 Å². The van der Waals surface area contributed by atoms with Gasteiger partial charge in [-0.05, 0) is 55.5 Å². The molecule has 3 aromatic rings. The molecular weight excluding hydrogens is 462 g/mol. The number of hydrogen-bond donors (Lipinski definition) is 1. The van der Waals surface area contributed by atoms with E-state index in [2.05, 4.69) is 5.32 Å². The number of aromatic nitrogens is 1. The first kappa shape index (κ1) is 26.1. The van der Waals surface area contributed by atoms with E-state index in [-0.39, 0.29) is 23.5 Å². The van der Waals surface area contributed by atoms with E-state index in [9.17, 15) is 14.4 Å². The van der Waals surface area contributed by atoms with Crippen LogP contribution < -0.4 is 5.32 Å². The second-order valence-electron chi connectivity index (χ2n) is 10.00. The summed E-state index contributed by atoms with van der Waals surface area (Å²) in [6, 6.07) is 18.1. The fourth-order valence-electron chi connectivity index (χ4n) is 4.59. The number of aryl methyl sites for hydroxylation is 1.